The van der Waals surface area contributed by atoms with Crippen molar-refractivity contribution in [3.8, 4) is 0 Å². The molecule has 7 nitrogen and oxygen atoms in total. The van der Waals surface area contributed by atoms with Crippen LogP contribution >= 0.6 is 0 Å². The highest BCUT2D eigenvalue weighted by atomic mass is 16.2. The van der Waals surface area contributed by atoms with Crippen LogP contribution in [0, 0.1) is 5.41 Å². The van der Waals surface area contributed by atoms with E-state index in [0.717, 1.165) is 49.9 Å². The molecule has 0 bridgehead atoms. The Morgan fingerprint density at radius 2 is 1.47 bits per heavy atom. The van der Waals surface area contributed by atoms with Gasteiger partial charge in [0.15, 0.2) is 5.71 Å². The van der Waals surface area contributed by atoms with Gasteiger partial charge in [-0.2, -0.15) is 4.58 Å². The molecule has 1 aliphatic carbocycles. The van der Waals surface area contributed by atoms with E-state index in [1.54, 1.807) is 6.92 Å². The minimum absolute atomic E-state index is 0.182. The Kier molecular flexibility index (Phi) is 12.5. The van der Waals surface area contributed by atoms with Crippen molar-refractivity contribution < 1.29 is 19.0 Å². The Morgan fingerprint density at radius 1 is 0.792 bits per heavy atom. The molecule has 1 atom stereocenters. The quantitative estimate of drug-likeness (QED) is 0.110. The molecule has 2 aromatic carbocycles. The van der Waals surface area contributed by atoms with E-state index in [-0.39, 0.29) is 28.4 Å². The Balaban J connectivity index is 1.57. The fraction of sp³-hybridized carbons (Fsp3) is 0.478. The number of amides is 2. The maximum Gasteiger partial charge on any atom is 0.236 e. The zero-order valence-corrected chi connectivity index (χ0v) is 33.4. The number of para-hydroxylation sites is 2. The number of hydrogen-bond acceptors (Lipinski definition) is 4. The molecule has 0 saturated carbocycles. The molecule has 53 heavy (non-hydrogen) atoms. The summed E-state index contributed by atoms with van der Waals surface area (Å²) in [4.78, 5) is 42.6. The van der Waals surface area contributed by atoms with Crippen LogP contribution in [0.15, 0.2) is 95.8 Å². The first-order valence-electron chi connectivity index (χ1n) is 19.8. The lowest BCUT2D eigenvalue weighted by Gasteiger charge is -2.35. The lowest BCUT2D eigenvalue weighted by molar-refractivity contribution is -0.433. The van der Waals surface area contributed by atoms with E-state index in [9.17, 15) is 14.4 Å². The first kappa shape index (κ1) is 39.7. The fourth-order valence-corrected chi connectivity index (χ4v) is 8.53. The smallest absolute Gasteiger partial charge is 0.236 e. The summed E-state index contributed by atoms with van der Waals surface area (Å²) in [5.74, 6) is -0.289. The van der Waals surface area contributed by atoms with Crippen LogP contribution < -0.4 is 15.5 Å². The van der Waals surface area contributed by atoms with Gasteiger partial charge in [0.25, 0.3) is 0 Å². The normalized spacial score (nSPS) is 21.6. The summed E-state index contributed by atoms with van der Waals surface area (Å²) in [6.45, 7) is 19.7. The summed E-state index contributed by atoms with van der Waals surface area (Å²) in [5.41, 5.74) is 7.60. The van der Waals surface area contributed by atoms with Gasteiger partial charge in [0, 0.05) is 60.6 Å². The number of allylic oxidation sites excluding steroid dienone is 8. The molecule has 0 radical (unpaired) electrons. The number of carbonyl (C=O) groups excluding carboxylic acids is 3. The van der Waals surface area contributed by atoms with Gasteiger partial charge in [-0.3, -0.25) is 9.59 Å². The number of anilines is 1. The number of nitrogens with one attached hydrogen (secondary N) is 2. The van der Waals surface area contributed by atoms with Crippen molar-refractivity contribution in [2.75, 3.05) is 31.1 Å². The monoisotopic (exact) mass is 717 g/mol. The fourth-order valence-electron chi connectivity index (χ4n) is 8.53. The van der Waals surface area contributed by atoms with Gasteiger partial charge in [0.05, 0.1) is 5.41 Å². The van der Waals surface area contributed by atoms with Crippen molar-refractivity contribution in [2.45, 2.75) is 111 Å². The Morgan fingerprint density at radius 3 is 2.15 bits per heavy atom. The van der Waals surface area contributed by atoms with Gasteiger partial charge in [-0.1, -0.05) is 81.8 Å². The molecular formula is C46H61N4O3+. The third kappa shape index (κ3) is 8.05. The first-order valence-corrected chi connectivity index (χ1v) is 19.8. The lowest BCUT2D eigenvalue weighted by Crippen LogP contribution is -2.53. The molecule has 5 rings (SSSR count). The summed E-state index contributed by atoms with van der Waals surface area (Å²) >= 11 is 0. The summed E-state index contributed by atoms with van der Waals surface area (Å²) in [5, 5.41) is 6.27. The minimum Gasteiger partial charge on any atom is -0.355 e. The zero-order chi connectivity index (χ0) is 38.4. The number of ketones is 1. The Labute approximate surface area is 318 Å². The largest absolute Gasteiger partial charge is 0.355 e. The molecule has 2 N–H and O–H groups in total. The number of Topliss-reactive ketones (excluding diaryl/α,β-unsaturated/α-hetero) is 1. The minimum atomic E-state index is -1.31. The average molecular weight is 718 g/mol. The van der Waals surface area contributed by atoms with Crippen LogP contribution in [0.5, 0.6) is 0 Å². The maximum absolute atomic E-state index is 14.4. The third-order valence-corrected chi connectivity index (χ3v) is 11.4. The standard InChI is InChI=1S/C46H60N4O3/c1-9-28-47-42(52)46(43(53)48-29-18-12-13-19-33(4)51)31-34(24-26-40-44(5,6)36-20-14-16-22-38(36)49(40)10-2)30-35(32-46)25-27-41-45(7,8)37-21-15-17-23-39(37)50(41)11-3/h14-17,20-27,30H,9-13,18-19,28-29,31-32H2,1-8H3,(H-,47,48,52,53)/p+1. The molecule has 3 aliphatic rings. The average Bonchev–Trinajstić information content (AvgIpc) is 3.50. The van der Waals surface area contributed by atoms with E-state index < -0.39 is 5.41 Å². The second-order valence-electron chi connectivity index (χ2n) is 16.0. The van der Waals surface area contributed by atoms with Crippen molar-refractivity contribution >= 4 is 34.7 Å². The maximum atomic E-state index is 14.4. The molecule has 1 unspecified atom stereocenters. The molecule has 0 saturated heterocycles. The molecule has 282 valence electrons. The zero-order valence-electron chi connectivity index (χ0n) is 33.4. The van der Waals surface area contributed by atoms with Crippen LogP contribution in [0.25, 0.3) is 0 Å². The number of hydrogen-bond donors (Lipinski definition) is 2. The van der Waals surface area contributed by atoms with Crippen LogP contribution in [0.4, 0.5) is 11.4 Å². The molecule has 7 heteroatoms. The predicted molar refractivity (Wildman–Crippen MR) is 218 cm³/mol. The second kappa shape index (κ2) is 16.7. The van der Waals surface area contributed by atoms with Gasteiger partial charge in [-0.25, -0.2) is 0 Å². The van der Waals surface area contributed by atoms with Gasteiger partial charge in [0.1, 0.15) is 17.7 Å². The van der Waals surface area contributed by atoms with Crippen molar-refractivity contribution in [1.82, 2.24) is 10.6 Å². The topological polar surface area (TPSA) is 81.5 Å². The molecule has 0 fully saturated rings. The lowest BCUT2D eigenvalue weighted by atomic mass is 9.70. The summed E-state index contributed by atoms with van der Waals surface area (Å²) in [6.07, 6.45) is 15.2. The SMILES string of the molecule is CCCNC(=O)C1(C(=O)NCCCCCC(C)=O)CC(/C=C/C2=[N+](CC)c3ccccc3C2(C)C)=CC(=C/C=C2/N(CC)c3ccccc3C2(C)C)/C1. The summed E-state index contributed by atoms with van der Waals surface area (Å²) in [7, 11) is 0. The third-order valence-electron chi connectivity index (χ3n) is 11.4. The van der Waals surface area contributed by atoms with E-state index >= 15 is 0 Å². The highest BCUT2D eigenvalue weighted by Crippen LogP contribution is 2.48. The number of nitrogens with zero attached hydrogens (tertiary/aromatic N) is 2. The highest BCUT2D eigenvalue weighted by Gasteiger charge is 2.49. The van der Waals surface area contributed by atoms with E-state index in [1.807, 2.05) is 6.92 Å². The number of unbranched alkanes of at least 4 members (excludes halogenated alkanes) is 2. The van der Waals surface area contributed by atoms with E-state index in [1.165, 1.54) is 33.9 Å². The van der Waals surface area contributed by atoms with Crippen molar-refractivity contribution in [1.29, 1.82) is 0 Å². The molecule has 0 spiro atoms. The molecule has 2 aromatic rings. The Bertz CT molecular complexity index is 1870. The van der Waals surface area contributed by atoms with Gasteiger partial charge in [0.2, 0.25) is 17.5 Å². The van der Waals surface area contributed by atoms with E-state index in [4.69, 9.17) is 0 Å². The van der Waals surface area contributed by atoms with Crippen LogP contribution in [0.3, 0.4) is 0 Å². The van der Waals surface area contributed by atoms with Crippen LogP contribution in [-0.4, -0.2) is 54.1 Å². The van der Waals surface area contributed by atoms with Crippen molar-refractivity contribution in [2.24, 2.45) is 5.41 Å². The van der Waals surface area contributed by atoms with Gasteiger partial charge in [-0.05, 0) is 95.6 Å². The molecule has 2 amide bonds. The first-order chi connectivity index (χ1) is 25.3. The van der Waals surface area contributed by atoms with Gasteiger partial charge >= 0.3 is 0 Å². The number of benzene rings is 2. The van der Waals surface area contributed by atoms with Gasteiger partial charge in [-0.15, -0.1) is 0 Å². The molecule has 2 heterocycles. The van der Waals surface area contributed by atoms with Crippen LogP contribution in [-0.2, 0) is 25.2 Å². The van der Waals surface area contributed by atoms with E-state index in [2.05, 4.69) is 141 Å². The van der Waals surface area contributed by atoms with Crippen LogP contribution in [0.1, 0.15) is 111 Å². The second-order valence-corrected chi connectivity index (χ2v) is 16.0. The van der Waals surface area contributed by atoms with Gasteiger partial charge < -0.3 is 20.3 Å². The number of likely N-dealkylation sites (N-methyl/N-ethyl adjacent to an activating group) is 1. The predicted octanol–water partition coefficient (Wildman–Crippen LogP) is 8.77. The van der Waals surface area contributed by atoms with Crippen molar-refractivity contribution in [3.63, 3.8) is 0 Å². The highest BCUT2D eigenvalue weighted by molar-refractivity contribution is 6.06. The number of carbonyl (C=O) groups is 3. The number of fused-ring (bicyclic) bond motifs is 2. The molecule has 0 aromatic heterocycles. The Hall–Kier alpha value is -4.52. The summed E-state index contributed by atoms with van der Waals surface area (Å²) < 4.78 is 2.37. The molecule has 2 aliphatic heterocycles. The molecular weight excluding hydrogens is 657 g/mol. The summed E-state index contributed by atoms with van der Waals surface area (Å²) in [6, 6.07) is 17.2. The van der Waals surface area contributed by atoms with E-state index in [0.29, 0.717) is 32.4 Å². The van der Waals surface area contributed by atoms with Crippen LogP contribution in [0.2, 0.25) is 0 Å². The number of rotatable bonds is 15. The van der Waals surface area contributed by atoms with Crippen molar-refractivity contribution in [3.05, 3.63) is 107 Å².